The van der Waals surface area contributed by atoms with E-state index in [1.54, 1.807) is 4.52 Å². The average molecular weight is 288 g/mol. The van der Waals surface area contributed by atoms with Gasteiger partial charge < -0.3 is 10.2 Å². The van der Waals surface area contributed by atoms with Crippen LogP contribution in [0.1, 0.15) is 26.5 Å². The molecule has 0 spiro atoms. The van der Waals surface area contributed by atoms with Gasteiger partial charge in [-0.15, -0.1) is 0 Å². The Kier molecular flexibility index (Phi) is 3.07. The highest BCUT2D eigenvalue weighted by Gasteiger charge is 2.35. The molecule has 0 aliphatic carbocycles. The van der Waals surface area contributed by atoms with Crippen molar-refractivity contribution in [1.82, 2.24) is 24.9 Å². The van der Waals surface area contributed by atoms with Crippen LogP contribution in [0.3, 0.4) is 0 Å². The summed E-state index contributed by atoms with van der Waals surface area (Å²) in [6.07, 6.45) is 1.49. The summed E-state index contributed by atoms with van der Waals surface area (Å²) in [7, 11) is 0. The molecular formula is C14H20N6O. The lowest BCUT2D eigenvalue weighted by atomic mass is 9.97. The van der Waals surface area contributed by atoms with Crippen LogP contribution in [-0.4, -0.2) is 44.1 Å². The number of rotatable bonds is 2. The first-order valence-corrected chi connectivity index (χ1v) is 7.08. The van der Waals surface area contributed by atoms with Crippen molar-refractivity contribution in [2.24, 2.45) is 5.92 Å². The fourth-order valence-electron chi connectivity index (χ4n) is 2.44. The predicted octanol–water partition coefficient (Wildman–Crippen LogP) is 0.784. The van der Waals surface area contributed by atoms with E-state index in [0.717, 1.165) is 11.5 Å². The Morgan fingerprint density at radius 3 is 2.76 bits per heavy atom. The van der Waals surface area contributed by atoms with Crippen LogP contribution in [0, 0.1) is 12.8 Å². The molecule has 1 saturated heterocycles. The summed E-state index contributed by atoms with van der Waals surface area (Å²) >= 11 is 0. The lowest BCUT2D eigenvalue weighted by molar-refractivity contribution is -0.127. The number of hydrogen-bond donors (Lipinski definition) is 1. The molecule has 3 rings (SSSR count). The maximum absolute atomic E-state index is 12.1. The highest BCUT2D eigenvalue weighted by atomic mass is 16.2. The SMILES string of the molecule is Cc1cc(N2CC(C(=O)NC(C)(C)C)C2)n2ncnc2n1. The van der Waals surface area contributed by atoms with E-state index in [-0.39, 0.29) is 17.4 Å². The van der Waals surface area contributed by atoms with Crippen LogP contribution in [0.15, 0.2) is 12.4 Å². The number of amides is 1. The molecule has 2 aromatic heterocycles. The second-order valence-corrected chi connectivity index (χ2v) is 6.57. The van der Waals surface area contributed by atoms with Gasteiger partial charge in [0.1, 0.15) is 12.1 Å². The van der Waals surface area contributed by atoms with Crippen LogP contribution >= 0.6 is 0 Å². The van der Waals surface area contributed by atoms with Gasteiger partial charge in [-0.1, -0.05) is 0 Å². The van der Waals surface area contributed by atoms with E-state index in [4.69, 9.17) is 0 Å². The number of carbonyl (C=O) groups is 1. The third-order valence-electron chi connectivity index (χ3n) is 3.44. The molecule has 0 unspecified atom stereocenters. The molecule has 1 fully saturated rings. The number of anilines is 1. The summed E-state index contributed by atoms with van der Waals surface area (Å²) in [5.41, 5.74) is 0.706. The minimum absolute atomic E-state index is 0.0243. The zero-order valence-electron chi connectivity index (χ0n) is 12.8. The lowest BCUT2D eigenvalue weighted by Gasteiger charge is -2.40. The normalized spacial score (nSPS) is 16.1. The molecule has 1 aliphatic heterocycles. The lowest BCUT2D eigenvalue weighted by Crippen LogP contribution is -2.57. The largest absolute Gasteiger partial charge is 0.355 e. The van der Waals surface area contributed by atoms with Crippen molar-refractivity contribution < 1.29 is 4.79 Å². The van der Waals surface area contributed by atoms with Crippen LogP contribution in [0.25, 0.3) is 5.78 Å². The summed E-state index contributed by atoms with van der Waals surface area (Å²) in [5, 5.41) is 7.22. The zero-order valence-corrected chi connectivity index (χ0v) is 12.8. The van der Waals surface area contributed by atoms with Crippen molar-refractivity contribution >= 4 is 17.5 Å². The first kappa shape index (κ1) is 13.8. The summed E-state index contributed by atoms with van der Waals surface area (Å²) in [4.78, 5) is 22.7. The van der Waals surface area contributed by atoms with Crippen molar-refractivity contribution in [2.75, 3.05) is 18.0 Å². The Hall–Kier alpha value is -2.18. The van der Waals surface area contributed by atoms with Crippen LogP contribution in [0.5, 0.6) is 0 Å². The third-order valence-corrected chi connectivity index (χ3v) is 3.44. The molecule has 0 radical (unpaired) electrons. The number of hydrogen-bond acceptors (Lipinski definition) is 5. The van der Waals surface area contributed by atoms with Crippen LogP contribution in [-0.2, 0) is 4.79 Å². The summed E-state index contributed by atoms with van der Waals surface area (Å²) < 4.78 is 1.71. The number of aryl methyl sites for hydroxylation is 1. The van der Waals surface area contributed by atoms with Gasteiger partial charge in [-0.05, 0) is 27.7 Å². The molecule has 1 N–H and O–H groups in total. The molecule has 0 saturated carbocycles. The monoisotopic (exact) mass is 288 g/mol. The molecule has 21 heavy (non-hydrogen) atoms. The van der Waals surface area contributed by atoms with Crippen molar-refractivity contribution in [3.05, 3.63) is 18.1 Å². The van der Waals surface area contributed by atoms with E-state index in [1.165, 1.54) is 6.33 Å². The van der Waals surface area contributed by atoms with E-state index in [1.807, 2.05) is 33.8 Å². The second-order valence-electron chi connectivity index (χ2n) is 6.57. The maximum Gasteiger partial charge on any atom is 0.254 e. The molecule has 0 bridgehead atoms. The number of carbonyl (C=O) groups excluding carboxylic acids is 1. The number of aromatic nitrogens is 4. The van der Waals surface area contributed by atoms with Gasteiger partial charge in [0.15, 0.2) is 0 Å². The summed E-state index contributed by atoms with van der Waals surface area (Å²) in [5.74, 6) is 1.66. The molecule has 7 nitrogen and oxygen atoms in total. The van der Waals surface area contributed by atoms with Gasteiger partial charge in [0.05, 0.1) is 5.92 Å². The van der Waals surface area contributed by atoms with E-state index in [9.17, 15) is 4.79 Å². The van der Waals surface area contributed by atoms with Gasteiger partial charge in [-0.2, -0.15) is 14.6 Å². The van der Waals surface area contributed by atoms with E-state index >= 15 is 0 Å². The summed E-state index contributed by atoms with van der Waals surface area (Å²) in [6.45, 7) is 9.30. The van der Waals surface area contributed by atoms with Gasteiger partial charge in [-0.25, -0.2) is 4.98 Å². The minimum atomic E-state index is -0.191. The maximum atomic E-state index is 12.1. The highest BCUT2D eigenvalue weighted by Crippen LogP contribution is 2.25. The van der Waals surface area contributed by atoms with Crippen LogP contribution in [0.4, 0.5) is 5.82 Å². The third kappa shape index (κ3) is 2.68. The second kappa shape index (κ2) is 4.68. The number of fused-ring (bicyclic) bond motifs is 1. The fraction of sp³-hybridized carbons (Fsp3) is 0.571. The highest BCUT2D eigenvalue weighted by molar-refractivity contribution is 5.82. The Morgan fingerprint density at radius 1 is 1.38 bits per heavy atom. The molecule has 2 aromatic rings. The molecule has 7 heteroatoms. The van der Waals surface area contributed by atoms with E-state index in [0.29, 0.717) is 18.9 Å². The smallest absolute Gasteiger partial charge is 0.254 e. The van der Waals surface area contributed by atoms with Gasteiger partial charge in [-0.3, -0.25) is 4.79 Å². The molecule has 1 aliphatic rings. The van der Waals surface area contributed by atoms with Crippen molar-refractivity contribution in [2.45, 2.75) is 33.2 Å². The van der Waals surface area contributed by atoms with Crippen LogP contribution in [0.2, 0.25) is 0 Å². The van der Waals surface area contributed by atoms with E-state index < -0.39 is 0 Å². The molecule has 112 valence electrons. The van der Waals surface area contributed by atoms with Gasteiger partial charge in [0, 0.05) is 30.4 Å². The average Bonchev–Trinajstić information content (AvgIpc) is 2.71. The number of nitrogens with one attached hydrogen (secondary N) is 1. The van der Waals surface area contributed by atoms with Gasteiger partial charge >= 0.3 is 0 Å². The topological polar surface area (TPSA) is 75.4 Å². The van der Waals surface area contributed by atoms with Crippen molar-refractivity contribution in [3.8, 4) is 0 Å². The fourth-order valence-corrected chi connectivity index (χ4v) is 2.44. The number of nitrogens with zero attached hydrogens (tertiary/aromatic N) is 5. The first-order valence-electron chi connectivity index (χ1n) is 7.08. The Morgan fingerprint density at radius 2 is 2.10 bits per heavy atom. The Balaban J connectivity index is 1.73. The molecular weight excluding hydrogens is 268 g/mol. The predicted molar refractivity (Wildman–Crippen MR) is 79.1 cm³/mol. The van der Waals surface area contributed by atoms with Crippen molar-refractivity contribution in [1.29, 1.82) is 0 Å². The van der Waals surface area contributed by atoms with Gasteiger partial charge in [0.2, 0.25) is 5.91 Å². The standard InChI is InChI=1S/C14H20N6O/c1-9-5-11(20-13(17-9)15-8-16-20)19-6-10(7-19)12(21)18-14(2,3)4/h5,8,10H,6-7H2,1-4H3,(H,18,21). The molecule has 3 heterocycles. The van der Waals surface area contributed by atoms with E-state index in [2.05, 4.69) is 25.3 Å². The Labute approximate surface area is 123 Å². The molecule has 0 atom stereocenters. The van der Waals surface area contributed by atoms with Crippen LogP contribution < -0.4 is 10.2 Å². The van der Waals surface area contributed by atoms with Gasteiger partial charge in [0.25, 0.3) is 5.78 Å². The minimum Gasteiger partial charge on any atom is -0.355 e. The molecule has 1 amide bonds. The quantitative estimate of drug-likeness (QED) is 0.884. The zero-order chi connectivity index (χ0) is 15.2. The summed E-state index contributed by atoms with van der Waals surface area (Å²) in [6, 6.07) is 1.97. The van der Waals surface area contributed by atoms with Crippen molar-refractivity contribution in [3.63, 3.8) is 0 Å². The first-order chi connectivity index (χ1) is 9.83. The Bertz CT molecular complexity index is 680. The molecule has 0 aromatic carbocycles.